The topological polar surface area (TPSA) is 17.1 Å². The Morgan fingerprint density at radius 3 is 2.14 bits per heavy atom. The Balaban J connectivity index is 2.29. The van der Waals surface area contributed by atoms with E-state index in [1.54, 1.807) is 18.2 Å². The van der Waals surface area contributed by atoms with Crippen LogP contribution in [0.25, 0.3) is 10.8 Å². The third-order valence-electron chi connectivity index (χ3n) is 3.52. The third-order valence-corrected chi connectivity index (χ3v) is 4.43. The first-order valence-electron chi connectivity index (χ1n) is 6.66. The van der Waals surface area contributed by atoms with Crippen molar-refractivity contribution in [2.75, 3.05) is 0 Å². The molecule has 0 heterocycles. The molecule has 22 heavy (non-hydrogen) atoms. The Morgan fingerprint density at radius 2 is 1.45 bits per heavy atom. The van der Waals surface area contributed by atoms with Crippen LogP contribution in [0.3, 0.4) is 0 Å². The summed E-state index contributed by atoms with van der Waals surface area (Å²) in [6.45, 7) is 1.87. The van der Waals surface area contributed by atoms with Crippen molar-refractivity contribution in [2.45, 2.75) is 6.92 Å². The van der Waals surface area contributed by atoms with E-state index in [9.17, 15) is 4.79 Å². The average Bonchev–Trinajstić information content (AvgIpc) is 2.45. The van der Waals surface area contributed by atoms with Crippen LogP contribution in [0.4, 0.5) is 0 Å². The summed E-state index contributed by atoms with van der Waals surface area (Å²) < 4.78 is 0. The van der Waals surface area contributed by atoms with Crippen molar-refractivity contribution in [3.63, 3.8) is 0 Å². The summed E-state index contributed by atoms with van der Waals surface area (Å²) in [5, 5.41) is 2.77. The highest BCUT2D eigenvalue weighted by molar-refractivity contribution is 6.44. The molecule has 3 rings (SSSR count). The molecule has 0 fully saturated rings. The van der Waals surface area contributed by atoms with E-state index in [1.807, 2.05) is 37.3 Å². The van der Waals surface area contributed by atoms with Crippen LogP contribution in [-0.2, 0) is 0 Å². The smallest absolute Gasteiger partial charge is 0.198 e. The molecule has 0 amide bonds. The lowest BCUT2D eigenvalue weighted by molar-refractivity contribution is 0.104. The van der Waals surface area contributed by atoms with Crippen molar-refractivity contribution in [1.29, 1.82) is 0 Å². The van der Waals surface area contributed by atoms with Gasteiger partial charge in [0.1, 0.15) is 0 Å². The number of carbonyl (C=O) groups is 1. The van der Waals surface area contributed by atoms with Crippen LogP contribution >= 0.6 is 34.8 Å². The van der Waals surface area contributed by atoms with E-state index >= 15 is 0 Å². The molecule has 0 aromatic heterocycles. The zero-order chi connectivity index (χ0) is 15.9. The van der Waals surface area contributed by atoms with E-state index in [2.05, 4.69) is 0 Å². The number of rotatable bonds is 2. The van der Waals surface area contributed by atoms with Crippen LogP contribution in [0.5, 0.6) is 0 Å². The number of fused-ring (bicyclic) bond motifs is 1. The average molecular weight is 350 g/mol. The second-order valence-electron chi connectivity index (χ2n) is 5.08. The Hall–Kier alpha value is -1.54. The van der Waals surface area contributed by atoms with Crippen molar-refractivity contribution in [3.05, 3.63) is 80.3 Å². The Bertz CT molecular complexity index is 877. The molecule has 0 saturated heterocycles. The first-order chi connectivity index (χ1) is 10.5. The second-order valence-corrected chi connectivity index (χ2v) is 6.30. The molecule has 0 aliphatic heterocycles. The molecule has 0 radical (unpaired) electrons. The summed E-state index contributed by atoms with van der Waals surface area (Å²) >= 11 is 18.7. The molecule has 0 atom stereocenters. The van der Waals surface area contributed by atoms with Crippen LogP contribution in [-0.4, -0.2) is 5.78 Å². The fourth-order valence-electron chi connectivity index (χ4n) is 2.52. The van der Waals surface area contributed by atoms with Crippen molar-refractivity contribution < 1.29 is 4.79 Å². The maximum absolute atomic E-state index is 13.0. The van der Waals surface area contributed by atoms with Crippen molar-refractivity contribution >= 4 is 51.4 Å². The zero-order valence-electron chi connectivity index (χ0n) is 11.7. The van der Waals surface area contributed by atoms with Gasteiger partial charge in [-0.2, -0.15) is 0 Å². The molecule has 0 aliphatic rings. The van der Waals surface area contributed by atoms with Gasteiger partial charge in [-0.05, 0) is 41.5 Å². The lowest BCUT2D eigenvalue weighted by Crippen LogP contribution is -2.05. The van der Waals surface area contributed by atoms with E-state index in [-0.39, 0.29) is 11.3 Å². The third kappa shape index (κ3) is 2.61. The van der Waals surface area contributed by atoms with E-state index < -0.39 is 0 Å². The predicted octanol–water partition coefficient (Wildman–Crippen LogP) is 6.34. The van der Waals surface area contributed by atoms with Crippen molar-refractivity contribution in [2.24, 2.45) is 0 Å². The van der Waals surface area contributed by atoms with E-state index in [0.29, 0.717) is 20.6 Å². The normalized spacial score (nSPS) is 10.9. The van der Waals surface area contributed by atoms with Gasteiger partial charge in [0, 0.05) is 5.56 Å². The van der Waals surface area contributed by atoms with Crippen LogP contribution < -0.4 is 0 Å². The predicted molar refractivity (Wildman–Crippen MR) is 93.6 cm³/mol. The van der Waals surface area contributed by atoms with E-state index in [4.69, 9.17) is 34.8 Å². The number of aryl methyl sites for hydroxylation is 1. The first kappa shape index (κ1) is 15.4. The number of carbonyl (C=O) groups excluding carboxylic acids is 1. The van der Waals surface area contributed by atoms with Gasteiger partial charge in [0.05, 0.1) is 20.6 Å². The van der Waals surface area contributed by atoms with Gasteiger partial charge < -0.3 is 0 Å². The van der Waals surface area contributed by atoms with Gasteiger partial charge in [0.2, 0.25) is 0 Å². The molecule has 1 nitrogen and oxygen atoms in total. The molecule has 3 aromatic carbocycles. The quantitative estimate of drug-likeness (QED) is 0.493. The monoisotopic (exact) mass is 348 g/mol. The SMILES string of the molecule is Cc1cc(Cl)c(C(=O)c2c(Cl)ccc3ccccc23)c(Cl)c1. The van der Waals surface area contributed by atoms with Crippen LogP contribution in [0.1, 0.15) is 21.5 Å². The number of halogens is 3. The Kier molecular flexibility index (Phi) is 4.14. The van der Waals surface area contributed by atoms with Gasteiger partial charge in [-0.3, -0.25) is 4.79 Å². The maximum Gasteiger partial charge on any atom is 0.198 e. The zero-order valence-corrected chi connectivity index (χ0v) is 13.9. The number of ketones is 1. The fourth-order valence-corrected chi connectivity index (χ4v) is 3.54. The lowest BCUT2D eigenvalue weighted by Gasteiger charge is -2.11. The second kappa shape index (κ2) is 5.92. The summed E-state index contributed by atoms with van der Waals surface area (Å²) in [6.07, 6.45) is 0. The van der Waals surface area contributed by atoms with Gasteiger partial charge in [0.15, 0.2) is 5.78 Å². The van der Waals surface area contributed by atoms with E-state index in [1.165, 1.54) is 0 Å². The summed E-state index contributed by atoms with van der Waals surface area (Å²) in [7, 11) is 0. The van der Waals surface area contributed by atoms with Gasteiger partial charge in [0.25, 0.3) is 0 Å². The number of hydrogen-bond acceptors (Lipinski definition) is 1. The highest BCUT2D eigenvalue weighted by Gasteiger charge is 2.21. The van der Waals surface area contributed by atoms with Crippen LogP contribution in [0, 0.1) is 6.92 Å². The first-order valence-corrected chi connectivity index (χ1v) is 7.80. The van der Waals surface area contributed by atoms with Gasteiger partial charge in [-0.15, -0.1) is 0 Å². The largest absolute Gasteiger partial charge is 0.288 e. The molecule has 0 aliphatic carbocycles. The summed E-state index contributed by atoms with van der Waals surface area (Å²) in [6, 6.07) is 14.6. The van der Waals surface area contributed by atoms with Crippen molar-refractivity contribution in [3.8, 4) is 0 Å². The lowest BCUT2D eigenvalue weighted by atomic mass is 9.96. The minimum atomic E-state index is -0.267. The van der Waals surface area contributed by atoms with Crippen LogP contribution in [0.2, 0.25) is 15.1 Å². The van der Waals surface area contributed by atoms with Gasteiger partial charge in [-0.25, -0.2) is 0 Å². The summed E-state index contributed by atoms with van der Waals surface area (Å²) in [5.74, 6) is -0.267. The Labute approximate surface area is 143 Å². The molecule has 4 heteroatoms. The molecular formula is C18H11Cl3O. The molecule has 0 bridgehead atoms. The molecule has 3 aromatic rings. The molecule has 0 saturated carbocycles. The van der Waals surface area contributed by atoms with Gasteiger partial charge in [-0.1, -0.05) is 65.1 Å². The number of benzene rings is 3. The highest BCUT2D eigenvalue weighted by atomic mass is 35.5. The minimum Gasteiger partial charge on any atom is -0.288 e. The molecule has 0 unspecified atom stereocenters. The minimum absolute atomic E-state index is 0.267. The van der Waals surface area contributed by atoms with Gasteiger partial charge >= 0.3 is 0 Å². The molecular weight excluding hydrogens is 339 g/mol. The van der Waals surface area contributed by atoms with Crippen LogP contribution in [0.15, 0.2) is 48.5 Å². The molecule has 0 spiro atoms. The highest BCUT2D eigenvalue weighted by Crippen LogP contribution is 2.34. The standard InChI is InChI=1S/C18H11Cl3O/c1-10-8-14(20)17(15(21)9-10)18(22)16-12-5-3-2-4-11(12)6-7-13(16)19/h2-9H,1H3. The summed E-state index contributed by atoms with van der Waals surface area (Å²) in [5.41, 5.74) is 1.61. The molecule has 0 N–H and O–H groups in total. The maximum atomic E-state index is 13.0. The number of hydrogen-bond donors (Lipinski definition) is 0. The summed E-state index contributed by atoms with van der Waals surface area (Å²) in [4.78, 5) is 13.0. The molecule has 110 valence electrons. The van der Waals surface area contributed by atoms with Crippen molar-refractivity contribution in [1.82, 2.24) is 0 Å². The Morgan fingerprint density at radius 1 is 0.818 bits per heavy atom. The fraction of sp³-hybridized carbons (Fsp3) is 0.0556. The van der Waals surface area contributed by atoms with E-state index in [0.717, 1.165) is 16.3 Å².